The first-order valence-electron chi connectivity index (χ1n) is 5.95. The molecule has 0 bridgehead atoms. The second-order valence-corrected chi connectivity index (χ2v) is 5.06. The Kier molecular flexibility index (Phi) is 3.29. The lowest BCUT2D eigenvalue weighted by atomic mass is 10.2. The van der Waals surface area contributed by atoms with E-state index in [9.17, 15) is 4.79 Å². The second-order valence-electron chi connectivity index (χ2n) is 4.11. The molecule has 0 radical (unpaired) electrons. The molecule has 2 aromatic heterocycles. The maximum Gasteiger partial charge on any atom is 0.288 e. The number of thiophene rings is 1. The average molecular weight is 272 g/mol. The third-order valence-corrected chi connectivity index (χ3v) is 3.61. The lowest BCUT2D eigenvalue weighted by Gasteiger charge is -2.01. The third kappa shape index (κ3) is 2.66. The normalized spacial score (nSPS) is 18.0. The summed E-state index contributed by atoms with van der Waals surface area (Å²) in [6, 6.07) is 5.46. The minimum absolute atomic E-state index is 0.0816. The zero-order valence-electron chi connectivity index (χ0n) is 10.1. The molecule has 96 valence electrons. The van der Waals surface area contributed by atoms with Gasteiger partial charge in [-0.1, -0.05) is 6.07 Å². The van der Waals surface area contributed by atoms with Crippen LogP contribution < -0.4 is 0 Å². The Labute approximate surface area is 114 Å². The van der Waals surface area contributed by atoms with Crippen LogP contribution in [0.2, 0.25) is 0 Å². The van der Waals surface area contributed by atoms with Gasteiger partial charge < -0.3 is 4.74 Å². The molecule has 1 aliphatic rings. The first kappa shape index (κ1) is 11.9. The maximum atomic E-state index is 12.0. The monoisotopic (exact) mass is 272 g/mol. The summed E-state index contributed by atoms with van der Waals surface area (Å²) >= 11 is 1.41. The topological polar surface area (TPSA) is 44.1 Å². The quantitative estimate of drug-likeness (QED) is 0.863. The fourth-order valence-electron chi connectivity index (χ4n) is 1.78. The van der Waals surface area contributed by atoms with Crippen molar-refractivity contribution >= 4 is 23.3 Å². The van der Waals surface area contributed by atoms with Crippen LogP contribution in [0.15, 0.2) is 48.2 Å². The highest BCUT2D eigenvalue weighted by Gasteiger charge is 2.11. The van der Waals surface area contributed by atoms with E-state index < -0.39 is 0 Å². The van der Waals surface area contributed by atoms with E-state index in [-0.39, 0.29) is 12.0 Å². The molecule has 5 heteroatoms. The van der Waals surface area contributed by atoms with Gasteiger partial charge in [-0.3, -0.25) is 4.79 Å². The molecule has 1 aliphatic heterocycles. The van der Waals surface area contributed by atoms with Gasteiger partial charge in [-0.05, 0) is 35.7 Å². The highest BCUT2D eigenvalue weighted by Crippen LogP contribution is 2.13. The Bertz CT molecular complexity index is 618. The summed E-state index contributed by atoms with van der Waals surface area (Å²) in [6.45, 7) is 0. The SMILES string of the molecule is O=C(c1cccs1)n1ccc(/C=C/C2CC=CO2)n1. The lowest BCUT2D eigenvalue weighted by molar-refractivity contribution is 0.0949. The van der Waals surface area contributed by atoms with Crippen LogP contribution in [0.3, 0.4) is 0 Å². The van der Waals surface area contributed by atoms with Crippen LogP contribution in [0, 0.1) is 0 Å². The van der Waals surface area contributed by atoms with Crippen molar-refractivity contribution in [1.29, 1.82) is 0 Å². The van der Waals surface area contributed by atoms with Crippen LogP contribution in [0.4, 0.5) is 0 Å². The highest BCUT2D eigenvalue weighted by atomic mass is 32.1. The Hall–Kier alpha value is -2.14. The standard InChI is InChI=1S/C14H12N2O2S/c17-14(13-4-2-10-19-13)16-8-7-11(15-16)5-6-12-3-1-9-18-12/h1-2,4-10,12H,3H2/b6-5+. The molecule has 0 N–H and O–H groups in total. The molecule has 1 atom stereocenters. The summed E-state index contributed by atoms with van der Waals surface area (Å²) in [7, 11) is 0. The van der Waals surface area contributed by atoms with Crippen molar-refractivity contribution < 1.29 is 9.53 Å². The molecule has 0 spiro atoms. The van der Waals surface area contributed by atoms with Crippen molar-refractivity contribution in [3.05, 3.63) is 58.8 Å². The Balaban J connectivity index is 1.71. The Morgan fingerprint density at radius 1 is 1.53 bits per heavy atom. The summed E-state index contributed by atoms with van der Waals surface area (Å²) in [5, 5.41) is 6.12. The van der Waals surface area contributed by atoms with E-state index in [0.717, 1.165) is 12.1 Å². The highest BCUT2D eigenvalue weighted by molar-refractivity contribution is 7.12. The van der Waals surface area contributed by atoms with Gasteiger partial charge in [0.05, 0.1) is 16.8 Å². The molecule has 0 aliphatic carbocycles. The van der Waals surface area contributed by atoms with Crippen molar-refractivity contribution in [2.75, 3.05) is 0 Å². The molecule has 1 unspecified atom stereocenters. The summed E-state index contributed by atoms with van der Waals surface area (Å²) in [6.07, 6.45) is 10.1. The van der Waals surface area contributed by atoms with E-state index >= 15 is 0 Å². The smallest absolute Gasteiger partial charge is 0.288 e. The molecule has 2 aromatic rings. The minimum atomic E-state index is -0.103. The number of rotatable bonds is 3. The van der Waals surface area contributed by atoms with E-state index in [4.69, 9.17) is 4.74 Å². The molecule has 0 amide bonds. The van der Waals surface area contributed by atoms with Crippen LogP contribution in [-0.2, 0) is 4.74 Å². The molecule has 4 nitrogen and oxygen atoms in total. The van der Waals surface area contributed by atoms with Crippen molar-refractivity contribution in [1.82, 2.24) is 9.78 Å². The van der Waals surface area contributed by atoms with E-state index in [1.165, 1.54) is 16.0 Å². The van der Waals surface area contributed by atoms with Gasteiger partial charge in [0.1, 0.15) is 6.10 Å². The predicted octanol–water partition coefficient (Wildman–Crippen LogP) is 2.95. The van der Waals surface area contributed by atoms with Crippen LogP contribution in [0.1, 0.15) is 21.8 Å². The van der Waals surface area contributed by atoms with Crippen LogP contribution in [-0.4, -0.2) is 21.8 Å². The Morgan fingerprint density at radius 2 is 2.47 bits per heavy atom. The van der Waals surface area contributed by atoms with E-state index in [1.54, 1.807) is 18.5 Å². The largest absolute Gasteiger partial charge is 0.494 e. The molecule has 0 saturated carbocycles. The van der Waals surface area contributed by atoms with Crippen molar-refractivity contribution in [3.63, 3.8) is 0 Å². The van der Waals surface area contributed by atoms with E-state index in [0.29, 0.717) is 4.88 Å². The number of carbonyl (C=O) groups is 1. The molecular weight excluding hydrogens is 260 g/mol. The summed E-state index contributed by atoms with van der Waals surface area (Å²) in [5.41, 5.74) is 0.750. The Morgan fingerprint density at radius 3 is 3.21 bits per heavy atom. The number of nitrogens with zero attached hydrogens (tertiary/aromatic N) is 2. The van der Waals surface area contributed by atoms with Crippen molar-refractivity contribution in [3.8, 4) is 0 Å². The van der Waals surface area contributed by atoms with Gasteiger partial charge in [-0.15, -0.1) is 11.3 Å². The average Bonchev–Trinajstić information content (AvgIpc) is 3.16. The predicted molar refractivity (Wildman–Crippen MR) is 73.9 cm³/mol. The molecule has 0 saturated heterocycles. The zero-order chi connectivity index (χ0) is 13.1. The van der Waals surface area contributed by atoms with E-state index in [2.05, 4.69) is 5.10 Å². The van der Waals surface area contributed by atoms with Gasteiger partial charge in [-0.25, -0.2) is 4.68 Å². The second kappa shape index (κ2) is 5.24. The molecule has 19 heavy (non-hydrogen) atoms. The number of carbonyl (C=O) groups excluding carboxylic acids is 1. The molecule has 3 heterocycles. The van der Waals surface area contributed by atoms with Gasteiger partial charge in [0.25, 0.3) is 5.91 Å². The summed E-state index contributed by atoms with van der Waals surface area (Å²) < 4.78 is 6.68. The lowest BCUT2D eigenvalue weighted by Crippen LogP contribution is -2.10. The number of aromatic nitrogens is 2. The fourth-order valence-corrected chi connectivity index (χ4v) is 2.44. The first-order valence-corrected chi connectivity index (χ1v) is 6.83. The minimum Gasteiger partial charge on any atom is -0.494 e. The molecule has 3 rings (SSSR count). The van der Waals surface area contributed by atoms with Crippen molar-refractivity contribution in [2.45, 2.75) is 12.5 Å². The van der Waals surface area contributed by atoms with Crippen LogP contribution in [0.5, 0.6) is 0 Å². The number of ether oxygens (including phenoxy) is 1. The van der Waals surface area contributed by atoms with Gasteiger partial charge in [0.2, 0.25) is 0 Å². The number of hydrogen-bond donors (Lipinski definition) is 0. The van der Waals surface area contributed by atoms with Gasteiger partial charge in [0.15, 0.2) is 0 Å². The fraction of sp³-hybridized carbons (Fsp3) is 0.143. The van der Waals surface area contributed by atoms with Crippen LogP contribution in [0.25, 0.3) is 6.08 Å². The van der Waals surface area contributed by atoms with Gasteiger partial charge in [0, 0.05) is 12.6 Å². The molecular formula is C14H12N2O2S. The van der Waals surface area contributed by atoms with E-state index in [1.807, 2.05) is 35.7 Å². The van der Waals surface area contributed by atoms with Crippen molar-refractivity contribution in [2.24, 2.45) is 0 Å². The van der Waals surface area contributed by atoms with Crippen LogP contribution >= 0.6 is 11.3 Å². The van der Waals surface area contributed by atoms with Gasteiger partial charge >= 0.3 is 0 Å². The first-order chi connectivity index (χ1) is 9.33. The number of hydrogen-bond acceptors (Lipinski definition) is 4. The maximum absolute atomic E-state index is 12.0. The third-order valence-electron chi connectivity index (χ3n) is 2.75. The summed E-state index contributed by atoms with van der Waals surface area (Å²) in [4.78, 5) is 12.7. The summed E-state index contributed by atoms with van der Waals surface area (Å²) in [5.74, 6) is -0.103. The molecule has 0 fully saturated rings. The molecule has 0 aromatic carbocycles. The zero-order valence-corrected chi connectivity index (χ0v) is 10.9. The van der Waals surface area contributed by atoms with Gasteiger partial charge in [-0.2, -0.15) is 5.10 Å².